The van der Waals surface area contributed by atoms with Crippen LogP contribution < -0.4 is 5.32 Å². The van der Waals surface area contributed by atoms with E-state index in [2.05, 4.69) is 44.3 Å². The maximum atomic E-state index is 12.5. The summed E-state index contributed by atoms with van der Waals surface area (Å²) in [5, 5.41) is 3.09. The first-order chi connectivity index (χ1) is 11.2. The number of hydrogen-bond donors (Lipinski definition) is 1. The van der Waals surface area contributed by atoms with Crippen molar-refractivity contribution in [1.29, 1.82) is 0 Å². The number of aryl methyl sites for hydroxylation is 2. The Morgan fingerprint density at radius 1 is 1.00 bits per heavy atom. The van der Waals surface area contributed by atoms with Crippen molar-refractivity contribution in [3.8, 4) is 0 Å². The summed E-state index contributed by atoms with van der Waals surface area (Å²) in [4.78, 5) is 13.6. The van der Waals surface area contributed by atoms with E-state index in [1.165, 1.54) is 16.7 Å². The van der Waals surface area contributed by atoms with Crippen molar-refractivity contribution >= 4 is 17.7 Å². The van der Waals surface area contributed by atoms with Gasteiger partial charge in [-0.15, -0.1) is 11.8 Å². The predicted molar refractivity (Wildman–Crippen MR) is 99.2 cm³/mol. The van der Waals surface area contributed by atoms with Crippen LogP contribution in [0.15, 0.2) is 47.4 Å². The highest BCUT2D eigenvalue weighted by atomic mass is 32.2. The molecular weight excluding hydrogens is 302 g/mol. The molecule has 3 heteroatoms. The molecule has 0 spiro atoms. The van der Waals surface area contributed by atoms with Crippen LogP contribution in [0.4, 0.5) is 0 Å². The minimum atomic E-state index is 0.00510. The van der Waals surface area contributed by atoms with E-state index in [-0.39, 0.29) is 5.91 Å². The number of nitrogens with one attached hydrogen (secondary N) is 1. The number of amides is 1. The normalized spacial score (nSPS) is 10.6. The second-order valence-corrected chi connectivity index (χ2v) is 6.73. The van der Waals surface area contributed by atoms with E-state index in [1.54, 1.807) is 11.8 Å². The first kappa shape index (κ1) is 17.6. The Kier molecular flexibility index (Phi) is 6.72. The van der Waals surface area contributed by atoms with Crippen LogP contribution in [0.2, 0.25) is 0 Å². The monoisotopic (exact) mass is 327 g/mol. The summed E-state index contributed by atoms with van der Waals surface area (Å²) in [5.41, 5.74) is 4.61. The van der Waals surface area contributed by atoms with Gasteiger partial charge in [-0.1, -0.05) is 51.1 Å². The topological polar surface area (TPSA) is 29.1 Å². The Morgan fingerprint density at radius 2 is 1.78 bits per heavy atom. The van der Waals surface area contributed by atoms with E-state index in [1.807, 2.05) is 24.3 Å². The van der Waals surface area contributed by atoms with Crippen molar-refractivity contribution in [3.63, 3.8) is 0 Å². The summed E-state index contributed by atoms with van der Waals surface area (Å²) in [6.07, 6.45) is 2.00. The van der Waals surface area contributed by atoms with Gasteiger partial charge in [-0.25, -0.2) is 0 Å². The molecule has 1 N–H and O–H groups in total. The van der Waals surface area contributed by atoms with Gasteiger partial charge in [0.15, 0.2) is 0 Å². The van der Waals surface area contributed by atoms with Gasteiger partial charge in [0, 0.05) is 11.4 Å². The number of carbonyl (C=O) groups is 1. The summed E-state index contributed by atoms with van der Waals surface area (Å²) in [7, 11) is 0. The molecule has 0 saturated heterocycles. The lowest BCUT2D eigenvalue weighted by Crippen LogP contribution is -2.24. The van der Waals surface area contributed by atoms with E-state index in [0.29, 0.717) is 6.54 Å². The molecular formula is C20H25NOS. The van der Waals surface area contributed by atoms with E-state index in [9.17, 15) is 4.79 Å². The standard InChI is InChI=1S/C20H25NOS/c1-4-15-11-12-16(5-2)17(13-15)14-21-20(22)18-9-7-8-10-19(18)23-6-3/h7-13H,4-6,14H2,1-3H3,(H,21,22). The molecule has 0 bridgehead atoms. The minimum absolute atomic E-state index is 0.00510. The molecule has 0 aliphatic carbocycles. The quantitative estimate of drug-likeness (QED) is 0.736. The van der Waals surface area contributed by atoms with Gasteiger partial charge in [0.05, 0.1) is 5.56 Å². The molecule has 0 aliphatic rings. The van der Waals surface area contributed by atoms with Crippen molar-refractivity contribution < 1.29 is 4.79 Å². The summed E-state index contributed by atoms with van der Waals surface area (Å²) in [6.45, 7) is 6.99. The first-order valence-corrected chi connectivity index (χ1v) is 9.28. The Balaban J connectivity index is 2.13. The Hall–Kier alpha value is -1.74. The fourth-order valence-electron chi connectivity index (χ4n) is 2.61. The van der Waals surface area contributed by atoms with Crippen LogP contribution in [0, 0.1) is 0 Å². The molecule has 0 saturated carbocycles. The van der Waals surface area contributed by atoms with E-state index >= 15 is 0 Å². The highest BCUT2D eigenvalue weighted by molar-refractivity contribution is 7.99. The third-order valence-corrected chi connectivity index (χ3v) is 4.89. The van der Waals surface area contributed by atoms with Crippen molar-refractivity contribution in [2.75, 3.05) is 5.75 Å². The van der Waals surface area contributed by atoms with Crippen LogP contribution in [-0.4, -0.2) is 11.7 Å². The van der Waals surface area contributed by atoms with E-state index in [4.69, 9.17) is 0 Å². The summed E-state index contributed by atoms with van der Waals surface area (Å²) < 4.78 is 0. The van der Waals surface area contributed by atoms with E-state index in [0.717, 1.165) is 29.1 Å². The molecule has 2 aromatic rings. The van der Waals surface area contributed by atoms with Gasteiger partial charge in [0.1, 0.15) is 0 Å². The van der Waals surface area contributed by atoms with Gasteiger partial charge in [-0.2, -0.15) is 0 Å². The van der Waals surface area contributed by atoms with Gasteiger partial charge >= 0.3 is 0 Å². The maximum absolute atomic E-state index is 12.5. The lowest BCUT2D eigenvalue weighted by molar-refractivity contribution is 0.0948. The zero-order chi connectivity index (χ0) is 16.7. The lowest BCUT2D eigenvalue weighted by atomic mass is 10.0. The number of hydrogen-bond acceptors (Lipinski definition) is 2. The fraction of sp³-hybridized carbons (Fsp3) is 0.350. The smallest absolute Gasteiger partial charge is 0.252 e. The molecule has 2 aromatic carbocycles. The molecule has 23 heavy (non-hydrogen) atoms. The van der Waals surface area contributed by atoms with Crippen LogP contribution >= 0.6 is 11.8 Å². The highest BCUT2D eigenvalue weighted by Gasteiger charge is 2.11. The average molecular weight is 327 g/mol. The molecule has 0 radical (unpaired) electrons. The molecule has 0 aliphatic heterocycles. The molecule has 122 valence electrons. The molecule has 2 rings (SSSR count). The molecule has 1 amide bonds. The molecule has 2 nitrogen and oxygen atoms in total. The van der Waals surface area contributed by atoms with Crippen molar-refractivity contribution in [3.05, 3.63) is 64.7 Å². The van der Waals surface area contributed by atoms with Gasteiger partial charge in [0.2, 0.25) is 0 Å². The highest BCUT2D eigenvalue weighted by Crippen LogP contribution is 2.22. The number of rotatable bonds is 7. The van der Waals surface area contributed by atoms with Gasteiger partial charge in [0.25, 0.3) is 5.91 Å². The Labute approximate surface area is 143 Å². The van der Waals surface area contributed by atoms with E-state index < -0.39 is 0 Å². The Morgan fingerprint density at radius 3 is 2.48 bits per heavy atom. The predicted octanol–water partition coefficient (Wildman–Crippen LogP) is 4.85. The van der Waals surface area contributed by atoms with Crippen LogP contribution in [0.5, 0.6) is 0 Å². The number of thioether (sulfide) groups is 1. The van der Waals surface area contributed by atoms with Crippen LogP contribution in [-0.2, 0) is 19.4 Å². The van der Waals surface area contributed by atoms with Gasteiger partial charge in [-0.3, -0.25) is 4.79 Å². The number of carbonyl (C=O) groups excluding carboxylic acids is 1. The van der Waals surface area contributed by atoms with Crippen LogP contribution in [0.25, 0.3) is 0 Å². The summed E-state index contributed by atoms with van der Waals surface area (Å²) in [5.74, 6) is 0.966. The summed E-state index contributed by atoms with van der Waals surface area (Å²) in [6, 6.07) is 14.4. The third kappa shape index (κ3) is 4.61. The summed E-state index contributed by atoms with van der Waals surface area (Å²) >= 11 is 1.70. The zero-order valence-corrected chi connectivity index (χ0v) is 15.0. The van der Waals surface area contributed by atoms with Crippen molar-refractivity contribution in [2.45, 2.75) is 45.1 Å². The van der Waals surface area contributed by atoms with Crippen molar-refractivity contribution in [2.24, 2.45) is 0 Å². The fourth-order valence-corrected chi connectivity index (χ4v) is 3.42. The van der Waals surface area contributed by atoms with Gasteiger partial charge < -0.3 is 5.32 Å². The largest absolute Gasteiger partial charge is 0.348 e. The second kappa shape index (κ2) is 8.78. The zero-order valence-electron chi connectivity index (χ0n) is 14.2. The third-order valence-electron chi connectivity index (χ3n) is 3.93. The van der Waals surface area contributed by atoms with Crippen LogP contribution in [0.3, 0.4) is 0 Å². The maximum Gasteiger partial charge on any atom is 0.252 e. The molecule has 0 unspecified atom stereocenters. The molecule has 0 aromatic heterocycles. The lowest BCUT2D eigenvalue weighted by Gasteiger charge is -2.13. The SMILES string of the molecule is CCSc1ccccc1C(=O)NCc1cc(CC)ccc1CC. The number of benzene rings is 2. The Bertz CT molecular complexity index is 666. The van der Waals surface area contributed by atoms with Gasteiger partial charge in [-0.05, 0) is 47.4 Å². The minimum Gasteiger partial charge on any atom is -0.348 e. The first-order valence-electron chi connectivity index (χ1n) is 8.30. The average Bonchev–Trinajstić information content (AvgIpc) is 2.60. The van der Waals surface area contributed by atoms with Crippen LogP contribution in [0.1, 0.15) is 47.8 Å². The molecule has 0 heterocycles. The van der Waals surface area contributed by atoms with Crippen molar-refractivity contribution in [1.82, 2.24) is 5.32 Å². The molecule has 0 fully saturated rings. The second-order valence-electron chi connectivity index (χ2n) is 5.42. The molecule has 0 atom stereocenters.